The van der Waals surface area contributed by atoms with Crippen LogP contribution in [0.15, 0.2) is 18.2 Å². The number of carbonyl (C=O) groups is 1. The molecule has 1 N–H and O–H groups in total. The summed E-state index contributed by atoms with van der Waals surface area (Å²) in [5.74, 6) is -0.0133. The van der Waals surface area contributed by atoms with Crippen molar-refractivity contribution in [1.82, 2.24) is 9.62 Å². The van der Waals surface area contributed by atoms with Gasteiger partial charge in [0.25, 0.3) is 0 Å². The SMILES string of the molecule is O=C(NCC1CCCCC1)[C@H]1CCCN(S(=O)(=O)Cc2c(Cl)cccc2Cl)C1. The van der Waals surface area contributed by atoms with E-state index < -0.39 is 10.0 Å². The monoisotopic (exact) mass is 446 g/mol. The van der Waals surface area contributed by atoms with Gasteiger partial charge >= 0.3 is 0 Å². The predicted octanol–water partition coefficient (Wildman–Crippen LogP) is 4.23. The maximum Gasteiger partial charge on any atom is 0.224 e. The molecule has 1 aromatic rings. The van der Waals surface area contributed by atoms with E-state index in [1.165, 1.54) is 36.4 Å². The summed E-state index contributed by atoms with van der Waals surface area (Å²) in [7, 11) is -3.60. The molecule has 8 heteroatoms. The molecule has 1 amide bonds. The van der Waals surface area contributed by atoms with Gasteiger partial charge in [-0.25, -0.2) is 12.7 Å². The standard InChI is InChI=1S/C20H28Cl2N2O3S/c21-18-9-4-10-19(22)17(18)14-28(26,27)24-11-5-8-16(13-24)20(25)23-12-15-6-2-1-3-7-15/h4,9-10,15-16H,1-3,5-8,11-14H2,(H,23,25)/t16-/m0/s1. The molecule has 5 nitrogen and oxygen atoms in total. The van der Waals surface area contributed by atoms with Crippen molar-refractivity contribution in [2.75, 3.05) is 19.6 Å². The Kier molecular flexibility index (Phi) is 7.65. The molecule has 0 spiro atoms. The molecule has 2 aliphatic rings. The lowest BCUT2D eigenvalue weighted by atomic mass is 9.89. The minimum atomic E-state index is -3.60. The van der Waals surface area contributed by atoms with Crippen molar-refractivity contribution in [2.24, 2.45) is 11.8 Å². The highest BCUT2D eigenvalue weighted by Gasteiger charge is 2.33. The number of benzene rings is 1. The molecule has 0 unspecified atom stereocenters. The maximum atomic E-state index is 12.9. The van der Waals surface area contributed by atoms with E-state index in [1.54, 1.807) is 18.2 Å². The summed E-state index contributed by atoms with van der Waals surface area (Å²) >= 11 is 12.3. The molecule has 3 rings (SSSR count). The highest BCUT2D eigenvalue weighted by atomic mass is 35.5. The van der Waals surface area contributed by atoms with Gasteiger partial charge in [-0.1, -0.05) is 48.5 Å². The van der Waals surface area contributed by atoms with Gasteiger partial charge in [0.2, 0.25) is 15.9 Å². The third-order valence-electron chi connectivity index (χ3n) is 5.83. The number of carbonyl (C=O) groups excluding carboxylic acids is 1. The van der Waals surface area contributed by atoms with Crippen LogP contribution in [0.5, 0.6) is 0 Å². The third kappa shape index (κ3) is 5.62. The number of nitrogens with zero attached hydrogens (tertiary/aromatic N) is 1. The number of sulfonamides is 1. The summed E-state index contributed by atoms with van der Waals surface area (Å²) in [5.41, 5.74) is 0.412. The third-order valence-corrected chi connectivity index (χ3v) is 8.31. The molecule has 1 atom stereocenters. The second-order valence-corrected chi connectivity index (χ2v) is 10.7. The zero-order valence-electron chi connectivity index (χ0n) is 16.0. The number of hydrogen-bond donors (Lipinski definition) is 1. The minimum Gasteiger partial charge on any atom is -0.356 e. The van der Waals surface area contributed by atoms with E-state index in [0.717, 1.165) is 6.42 Å². The Morgan fingerprint density at radius 3 is 2.43 bits per heavy atom. The van der Waals surface area contributed by atoms with Crippen LogP contribution in [0.1, 0.15) is 50.5 Å². The number of hydrogen-bond acceptors (Lipinski definition) is 3. The first-order valence-electron chi connectivity index (χ1n) is 10.1. The molecule has 0 bridgehead atoms. The Morgan fingerprint density at radius 1 is 1.07 bits per heavy atom. The van der Waals surface area contributed by atoms with Crippen molar-refractivity contribution in [3.63, 3.8) is 0 Å². The van der Waals surface area contributed by atoms with Crippen molar-refractivity contribution in [1.29, 1.82) is 0 Å². The van der Waals surface area contributed by atoms with Crippen LogP contribution in [0.3, 0.4) is 0 Å². The molecule has 2 fully saturated rings. The fourth-order valence-electron chi connectivity index (χ4n) is 4.13. The summed E-state index contributed by atoms with van der Waals surface area (Å²) < 4.78 is 27.2. The van der Waals surface area contributed by atoms with Crippen LogP contribution in [-0.2, 0) is 20.6 Å². The van der Waals surface area contributed by atoms with Crippen LogP contribution < -0.4 is 5.32 Å². The molecule has 1 aliphatic carbocycles. The van der Waals surface area contributed by atoms with Gasteiger partial charge in [-0.2, -0.15) is 0 Å². The van der Waals surface area contributed by atoms with Crippen LogP contribution >= 0.6 is 23.2 Å². The van der Waals surface area contributed by atoms with Crippen molar-refractivity contribution < 1.29 is 13.2 Å². The van der Waals surface area contributed by atoms with E-state index >= 15 is 0 Å². The van der Waals surface area contributed by atoms with Crippen LogP contribution in [0.2, 0.25) is 10.0 Å². The smallest absolute Gasteiger partial charge is 0.224 e. The zero-order chi connectivity index (χ0) is 20.1. The Bertz CT molecular complexity index is 774. The molecule has 1 aliphatic heterocycles. The molecule has 0 aromatic heterocycles. The lowest BCUT2D eigenvalue weighted by molar-refractivity contribution is -0.126. The van der Waals surface area contributed by atoms with Gasteiger partial charge in [-0.3, -0.25) is 4.79 Å². The topological polar surface area (TPSA) is 66.5 Å². The Morgan fingerprint density at radius 2 is 1.75 bits per heavy atom. The van der Waals surface area contributed by atoms with Crippen LogP contribution in [0.4, 0.5) is 0 Å². The first kappa shape index (κ1) is 21.9. The van der Waals surface area contributed by atoms with E-state index in [2.05, 4.69) is 5.32 Å². The average molecular weight is 447 g/mol. The van der Waals surface area contributed by atoms with E-state index in [9.17, 15) is 13.2 Å². The first-order chi connectivity index (χ1) is 13.4. The second-order valence-electron chi connectivity index (χ2n) is 7.90. The van der Waals surface area contributed by atoms with Crippen molar-refractivity contribution in [3.8, 4) is 0 Å². The minimum absolute atomic E-state index is 0.0266. The second kappa shape index (κ2) is 9.79. The van der Waals surface area contributed by atoms with E-state index in [4.69, 9.17) is 23.2 Å². The molecule has 1 saturated carbocycles. The lowest BCUT2D eigenvalue weighted by Gasteiger charge is -2.32. The van der Waals surface area contributed by atoms with Crippen LogP contribution in [-0.4, -0.2) is 38.3 Å². The molecular weight excluding hydrogens is 419 g/mol. The van der Waals surface area contributed by atoms with Crippen LogP contribution in [0, 0.1) is 11.8 Å². The quantitative estimate of drug-likeness (QED) is 0.710. The molecular formula is C20H28Cl2N2O3S. The summed E-state index contributed by atoms with van der Waals surface area (Å²) in [6, 6.07) is 4.96. The van der Waals surface area contributed by atoms with E-state index in [0.29, 0.717) is 41.0 Å². The van der Waals surface area contributed by atoms with Gasteiger partial charge < -0.3 is 5.32 Å². The summed E-state index contributed by atoms with van der Waals surface area (Å²) in [4.78, 5) is 12.6. The van der Waals surface area contributed by atoms with E-state index in [1.807, 2.05) is 0 Å². The molecule has 0 radical (unpaired) electrons. The van der Waals surface area contributed by atoms with Crippen molar-refractivity contribution in [3.05, 3.63) is 33.8 Å². The Labute approximate surface area is 177 Å². The predicted molar refractivity (Wildman–Crippen MR) is 113 cm³/mol. The highest BCUT2D eigenvalue weighted by molar-refractivity contribution is 7.88. The van der Waals surface area contributed by atoms with Crippen molar-refractivity contribution in [2.45, 2.75) is 50.7 Å². The average Bonchev–Trinajstić information content (AvgIpc) is 2.70. The summed E-state index contributed by atoms with van der Waals surface area (Å²) in [6.45, 7) is 1.36. The lowest BCUT2D eigenvalue weighted by Crippen LogP contribution is -2.46. The fourth-order valence-corrected chi connectivity index (χ4v) is 6.50. The Balaban J connectivity index is 1.59. The van der Waals surface area contributed by atoms with Gasteiger partial charge in [0.1, 0.15) is 0 Å². The zero-order valence-corrected chi connectivity index (χ0v) is 18.3. The van der Waals surface area contributed by atoms with Gasteiger partial charge in [-0.15, -0.1) is 0 Å². The molecule has 28 heavy (non-hydrogen) atoms. The van der Waals surface area contributed by atoms with E-state index in [-0.39, 0.29) is 24.1 Å². The highest BCUT2D eigenvalue weighted by Crippen LogP contribution is 2.29. The normalized spacial score (nSPS) is 22.1. The van der Waals surface area contributed by atoms with Crippen LogP contribution in [0.25, 0.3) is 0 Å². The number of nitrogens with one attached hydrogen (secondary N) is 1. The van der Waals surface area contributed by atoms with Gasteiger partial charge in [0, 0.05) is 35.2 Å². The van der Waals surface area contributed by atoms with Crippen molar-refractivity contribution >= 4 is 39.1 Å². The number of halogens is 2. The summed E-state index contributed by atoms with van der Waals surface area (Å²) in [6.07, 6.45) is 7.50. The van der Waals surface area contributed by atoms with Gasteiger partial charge in [-0.05, 0) is 43.7 Å². The Hall–Kier alpha value is -0.820. The molecule has 1 heterocycles. The maximum absolute atomic E-state index is 12.9. The van der Waals surface area contributed by atoms with Gasteiger partial charge in [0.05, 0.1) is 11.7 Å². The molecule has 1 saturated heterocycles. The summed E-state index contributed by atoms with van der Waals surface area (Å²) in [5, 5.41) is 3.74. The first-order valence-corrected chi connectivity index (χ1v) is 12.4. The fraction of sp³-hybridized carbons (Fsp3) is 0.650. The number of piperidine rings is 1. The number of rotatable bonds is 6. The molecule has 156 valence electrons. The largest absolute Gasteiger partial charge is 0.356 e. The molecule has 1 aromatic carbocycles. The van der Waals surface area contributed by atoms with Gasteiger partial charge in [0.15, 0.2) is 0 Å². The number of amides is 1.